The number of alkyl halides is 3. The molecule has 8 heteroatoms. The predicted molar refractivity (Wildman–Crippen MR) is 93.1 cm³/mol. The molecule has 0 bridgehead atoms. The summed E-state index contributed by atoms with van der Waals surface area (Å²) in [7, 11) is 0. The van der Waals surface area contributed by atoms with Crippen LogP contribution < -0.4 is 10.1 Å². The highest BCUT2D eigenvalue weighted by Gasteiger charge is 2.28. The number of hydrogen-bond acceptors (Lipinski definition) is 3. The van der Waals surface area contributed by atoms with Crippen molar-refractivity contribution in [2.45, 2.75) is 25.9 Å². The fourth-order valence-electron chi connectivity index (χ4n) is 2.35. The number of aromatic carboxylic acids is 1. The molecule has 0 spiro atoms. The lowest BCUT2D eigenvalue weighted by atomic mass is 10.1. The van der Waals surface area contributed by atoms with Gasteiger partial charge in [0.15, 0.2) is 6.61 Å². The summed E-state index contributed by atoms with van der Waals surface area (Å²) in [5.74, 6) is -1.29. The van der Waals surface area contributed by atoms with E-state index in [1.165, 1.54) is 24.3 Å². The maximum Gasteiger partial charge on any atom is 0.422 e. The number of nitrogens with one attached hydrogen (secondary N) is 1. The zero-order valence-electron chi connectivity index (χ0n) is 14.5. The van der Waals surface area contributed by atoms with E-state index in [-0.39, 0.29) is 23.6 Å². The van der Waals surface area contributed by atoms with Gasteiger partial charge in [-0.15, -0.1) is 0 Å². The molecule has 0 saturated heterocycles. The molecule has 2 aromatic rings. The van der Waals surface area contributed by atoms with Crippen LogP contribution in [0.15, 0.2) is 42.5 Å². The molecule has 0 unspecified atom stereocenters. The van der Waals surface area contributed by atoms with E-state index < -0.39 is 18.8 Å². The molecule has 0 heterocycles. The normalized spacial score (nSPS) is 11.1. The molecule has 5 nitrogen and oxygen atoms in total. The summed E-state index contributed by atoms with van der Waals surface area (Å²) in [5.41, 5.74) is 1.74. The summed E-state index contributed by atoms with van der Waals surface area (Å²) < 4.78 is 41.6. The fourth-order valence-corrected chi connectivity index (χ4v) is 2.35. The molecule has 0 atom stereocenters. The van der Waals surface area contributed by atoms with Gasteiger partial charge in [0.2, 0.25) is 5.91 Å². The second-order valence-electron chi connectivity index (χ2n) is 5.88. The Hall–Kier alpha value is -3.03. The number of hydrogen-bond donors (Lipinski definition) is 2. The molecule has 0 aliphatic rings. The van der Waals surface area contributed by atoms with Gasteiger partial charge in [-0.05, 0) is 43.2 Å². The number of carboxylic acid groups (broad SMARTS) is 1. The predicted octanol–water partition coefficient (Wildman–Crippen LogP) is 4.21. The smallest absolute Gasteiger partial charge is 0.422 e. The Morgan fingerprint density at radius 1 is 1.11 bits per heavy atom. The maximum atomic E-state index is 12.3. The number of amides is 1. The Kier molecular flexibility index (Phi) is 6.44. The van der Waals surface area contributed by atoms with E-state index in [1.54, 1.807) is 25.1 Å². The Morgan fingerprint density at radius 3 is 2.37 bits per heavy atom. The van der Waals surface area contributed by atoms with Gasteiger partial charge in [-0.2, -0.15) is 13.2 Å². The molecule has 2 rings (SSSR count). The van der Waals surface area contributed by atoms with E-state index in [2.05, 4.69) is 5.32 Å². The highest BCUT2D eigenvalue weighted by Crippen LogP contribution is 2.27. The number of ether oxygens (including phenoxy) is 1. The quantitative estimate of drug-likeness (QED) is 0.754. The molecule has 0 fully saturated rings. The molecule has 2 N–H and O–H groups in total. The van der Waals surface area contributed by atoms with Crippen molar-refractivity contribution >= 4 is 17.6 Å². The van der Waals surface area contributed by atoms with Gasteiger partial charge in [0.05, 0.1) is 5.56 Å². The zero-order chi connectivity index (χ0) is 20.0. The Bertz CT molecular complexity index is 817. The van der Waals surface area contributed by atoms with Crippen LogP contribution in [-0.2, 0) is 11.2 Å². The van der Waals surface area contributed by atoms with Gasteiger partial charge in [-0.1, -0.05) is 18.2 Å². The third-order valence-electron chi connectivity index (χ3n) is 3.79. The van der Waals surface area contributed by atoms with Crippen LogP contribution in [0.4, 0.5) is 18.9 Å². The molecule has 0 aromatic heterocycles. The van der Waals surface area contributed by atoms with Crippen molar-refractivity contribution < 1.29 is 32.6 Å². The van der Waals surface area contributed by atoms with Crippen molar-refractivity contribution in [3.8, 4) is 5.75 Å². The third kappa shape index (κ3) is 6.32. The molecule has 27 heavy (non-hydrogen) atoms. The van der Waals surface area contributed by atoms with E-state index in [0.717, 1.165) is 5.56 Å². The van der Waals surface area contributed by atoms with Gasteiger partial charge in [-0.25, -0.2) is 4.79 Å². The lowest BCUT2D eigenvalue weighted by Gasteiger charge is -2.14. The first kappa shape index (κ1) is 20.3. The van der Waals surface area contributed by atoms with Crippen LogP contribution in [-0.4, -0.2) is 29.8 Å². The van der Waals surface area contributed by atoms with Gasteiger partial charge in [-0.3, -0.25) is 4.79 Å². The second kappa shape index (κ2) is 8.57. The average molecular weight is 381 g/mol. The minimum absolute atomic E-state index is 0.0504. The van der Waals surface area contributed by atoms with Crippen molar-refractivity contribution in [1.82, 2.24) is 0 Å². The van der Waals surface area contributed by atoms with Crippen molar-refractivity contribution in [3.05, 3.63) is 59.2 Å². The van der Waals surface area contributed by atoms with Crippen LogP contribution >= 0.6 is 0 Å². The summed E-state index contributed by atoms with van der Waals surface area (Å²) in [6.07, 6.45) is -3.91. The lowest BCUT2D eigenvalue weighted by molar-refractivity contribution is -0.153. The van der Waals surface area contributed by atoms with Crippen molar-refractivity contribution in [2.24, 2.45) is 0 Å². The average Bonchev–Trinajstić information content (AvgIpc) is 2.60. The van der Waals surface area contributed by atoms with E-state index in [9.17, 15) is 22.8 Å². The van der Waals surface area contributed by atoms with Gasteiger partial charge < -0.3 is 15.2 Å². The molecule has 0 saturated carbocycles. The highest BCUT2D eigenvalue weighted by molar-refractivity contribution is 5.92. The first-order chi connectivity index (χ1) is 12.7. The van der Waals surface area contributed by atoms with Gasteiger partial charge >= 0.3 is 12.1 Å². The molecular formula is C19H18F3NO4. The monoisotopic (exact) mass is 381 g/mol. The van der Waals surface area contributed by atoms with E-state index in [4.69, 9.17) is 9.84 Å². The van der Waals surface area contributed by atoms with E-state index >= 15 is 0 Å². The molecule has 1 amide bonds. The Morgan fingerprint density at radius 2 is 1.78 bits per heavy atom. The topological polar surface area (TPSA) is 75.6 Å². The van der Waals surface area contributed by atoms with Crippen molar-refractivity contribution in [3.63, 3.8) is 0 Å². The number of aryl methyl sites for hydroxylation is 1. The minimum atomic E-state index is -4.44. The largest absolute Gasteiger partial charge is 0.484 e. The van der Waals surface area contributed by atoms with Gasteiger partial charge in [0, 0.05) is 17.7 Å². The standard InChI is InChI=1S/C19H18F3NO4/c1-12-15(3-2-4-16(12)27-11-19(20,21)22)23-17(24)10-7-13-5-8-14(9-6-13)18(25)26/h2-6,8-9H,7,10-11H2,1H3,(H,23,24)(H,25,26). The van der Waals surface area contributed by atoms with Crippen LogP contribution in [0.3, 0.4) is 0 Å². The Labute approximate surface area is 153 Å². The molecule has 0 aliphatic heterocycles. The third-order valence-corrected chi connectivity index (χ3v) is 3.79. The zero-order valence-corrected chi connectivity index (χ0v) is 14.5. The van der Waals surface area contributed by atoms with Crippen molar-refractivity contribution in [1.29, 1.82) is 0 Å². The highest BCUT2D eigenvalue weighted by atomic mass is 19.4. The van der Waals surface area contributed by atoms with Crippen LogP contribution in [0.25, 0.3) is 0 Å². The summed E-state index contributed by atoms with van der Waals surface area (Å²) in [4.78, 5) is 22.9. The first-order valence-corrected chi connectivity index (χ1v) is 8.07. The minimum Gasteiger partial charge on any atom is -0.484 e. The summed E-state index contributed by atoms with van der Waals surface area (Å²) in [6.45, 7) is 0.156. The maximum absolute atomic E-state index is 12.3. The molecule has 0 radical (unpaired) electrons. The van der Waals surface area contributed by atoms with Crippen LogP contribution in [0.2, 0.25) is 0 Å². The van der Waals surface area contributed by atoms with Crippen LogP contribution in [0, 0.1) is 6.92 Å². The number of carboxylic acids is 1. The number of carbonyl (C=O) groups is 2. The number of anilines is 1. The summed E-state index contributed by atoms with van der Waals surface area (Å²) in [6, 6.07) is 10.7. The first-order valence-electron chi connectivity index (χ1n) is 8.07. The number of rotatable bonds is 7. The van der Waals surface area contributed by atoms with Gasteiger partial charge in [0.25, 0.3) is 0 Å². The van der Waals surface area contributed by atoms with Crippen LogP contribution in [0.5, 0.6) is 5.75 Å². The number of halogens is 3. The number of benzene rings is 2. The lowest BCUT2D eigenvalue weighted by Crippen LogP contribution is -2.20. The number of carbonyl (C=O) groups excluding carboxylic acids is 1. The second-order valence-corrected chi connectivity index (χ2v) is 5.88. The summed E-state index contributed by atoms with van der Waals surface area (Å²) in [5, 5.41) is 11.5. The molecule has 2 aromatic carbocycles. The summed E-state index contributed by atoms with van der Waals surface area (Å²) >= 11 is 0. The Balaban J connectivity index is 1.94. The van der Waals surface area contributed by atoms with Gasteiger partial charge in [0.1, 0.15) is 5.75 Å². The molecular weight excluding hydrogens is 363 g/mol. The molecule has 144 valence electrons. The molecule has 0 aliphatic carbocycles. The van der Waals surface area contributed by atoms with Crippen molar-refractivity contribution in [2.75, 3.05) is 11.9 Å². The fraction of sp³-hybridized carbons (Fsp3) is 0.263. The SMILES string of the molecule is Cc1c(NC(=O)CCc2ccc(C(=O)O)cc2)cccc1OCC(F)(F)F. The van der Waals surface area contributed by atoms with E-state index in [0.29, 0.717) is 17.7 Å². The van der Waals surface area contributed by atoms with E-state index in [1.807, 2.05) is 0 Å². The van der Waals surface area contributed by atoms with Crippen LogP contribution in [0.1, 0.15) is 27.9 Å².